The number of amides is 1. The molecule has 0 saturated heterocycles. The third-order valence-electron chi connectivity index (χ3n) is 4.65. The van der Waals surface area contributed by atoms with Gasteiger partial charge in [0.05, 0.1) is 17.9 Å². The van der Waals surface area contributed by atoms with Crippen LogP contribution in [0.2, 0.25) is 0 Å². The topological polar surface area (TPSA) is 131 Å². The normalized spacial score (nSPS) is 17.4. The fourth-order valence-electron chi connectivity index (χ4n) is 3.20. The van der Waals surface area contributed by atoms with Gasteiger partial charge in [-0.05, 0) is 43.0 Å². The molecule has 8 nitrogen and oxygen atoms in total. The van der Waals surface area contributed by atoms with Gasteiger partial charge in [-0.2, -0.15) is 0 Å². The molecule has 1 heterocycles. The Labute approximate surface area is 170 Å². The van der Waals surface area contributed by atoms with Crippen molar-refractivity contribution in [2.45, 2.75) is 30.6 Å². The van der Waals surface area contributed by atoms with Gasteiger partial charge in [-0.3, -0.25) is 9.52 Å². The van der Waals surface area contributed by atoms with Crippen LogP contribution in [0.3, 0.4) is 0 Å². The van der Waals surface area contributed by atoms with Crippen LogP contribution in [0.15, 0.2) is 41.3 Å². The van der Waals surface area contributed by atoms with E-state index in [0.29, 0.717) is 25.4 Å². The highest BCUT2D eigenvalue weighted by molar-refractivity contribution is 7.92. The summed E-state index contributed by atoms with van der Waals surface area (Å²) in [5.41, 5.74) is 6.62. The Kier molecular flexibility index (Phi) is 6.60. The van der Waals surface area contributed by atoms with Crippen molar-refractivity contribution in [3.63, 3.8) is 0 Å². The van der Waals surface area contributed by atoms with E-state index < -0.39 is 21.7 Å². The van der Waals surface area contributed by atoms with Crippen LogP contribution in [0.1, 0.15) is 35.2 Å². The third kappa shape index (κ3) is 5.39. The Balaban J connectivity index is 2.02. The smallest absolute Gasteiger partial charge is 0.263 e. The van der Waals surface area contributed by atoms with Crippen molar-refractivity contribution in [1.29, 1.82) is 0 Å². The largest absolute Gasteiger partial charge is 0.507 e. The van der Waals surface area contributed by atoms with E-state index in [1.807, 2.05) is 6.07 Å². The van der Waals surface area contributed by atoms with Crippen molar-refractivity contribution in [2.75, 3.05) is 29.8 Å². The zero-order valence-corrected chi connectivity index (χ0v) is 16.8. The Morgan fingerprint density at radius 2 is 1.93 bits per heavy atom. The number of fused-ring (bicyclic) bond motifs is 3. The van der Waals surface area contributed by atoms with Crippen molar-refractivity contribution >= 4 is 27.3 Å². The van der Waals surface area contributed by atoms with Crippen molar-refractivity contribution in [3.8, 4) is 5.75 Å². The number of carbonyl (C=O) groups is 1. The maximum absolute atomic E-state index is 13.1. The number of benzene rings is 2. The molecule has 5 N–H and O–H groups in total. The molecule has 156 valence electrons. The summed E-state index contributed by atoms with van der Waals surface area (Å²) in [6.07, 6.45) is 3.80. The first-order valence-electron chi connectivity index (χ1n) is 9.47. The fraction of sp³-hybridized carbons (Fsp3) is 0.350. The summed E-state index contributed by atoms with van der Waals surface area (Å²) < 4.78 is 34.2. The van der Waals surface area contributed by atoms with Crippen molar-refractivity contribution < 1.29 is 23.1 Å². The lowest BCUT2D eigenvalue weighted by Gasteiger charge is -2.17. The van der Waals surface area contributed by atoms with E-state index in [-0.39, 0.29) is 16.1 Å². The number of nitrogens with two attached hydrogens (primary N) is 1. The molecule has 0 aromatic heterocycles. The van der Waals surface area contributed by atoms with Crippen LogP contribution in [0.4, 0.5) is 11.4 Å². The molecular weight excluding hydrogens is 394 g/mol. The molecule has 1 aliphatic heterocycles. The maximum atomic E-state index is 13.1. The van der Waals surface area contributed by atoms with Crippen LogP contribution in [0.5, 0.6) is 5.75 Å². The first-order chi connectivity index (χ1) is 13.9. The molecular formula is C20H25N3O5S. The number of aromatic hydroxyl groups is 1. The summed E-state index contributed by atoms with van der Waals surface area (Å²) in [5, 5.41) is 13.0. The Morgan fingerprint density at radius 1 is 1.10 bits per heavy atom. The second-order valence-electron chi connectivity index (χ2n) is 6.89. The van der Waals surface area contributed by atoms with Crippen LogP contribution in [0, 0.1) is 0 Å². The van der Waals surface area contributed by atoms with E-state index in [1.165, 1.54) is 6.07 Å². The zero-order chi connectivity index (χ0) is 20.9. The molecule has 2 bridgehead atoms. The molecule has 0 aliphatic carbocycles. The minimum atomic E-state index is -4.05. The van der Waals surface area contributed by atoms with Gasteiger partial charge in [0.15, 0.2) is 0 Å². The fourth-order valence-corrected chi connectivity index (χ4v) is 4.44. The number of hydrogen-bond donors (Lipinski definition) is 4. The van der Waals surface area contributed by atoms with Gasteiger partial charge in [-0.1, -0.05) is 18.6 Å². The molecule has 29 heavy (non-hydrogen) atoms. The van der Waals surface area contributed by atoms with Gasteiger partial charge in [0.2, 0.25) is 0 Å². The minimum absolute atomic E-state index is 0.159. The number of primary amides is 1. The standard InChI is InChI=1S/C20H25N3O5S/c21-20(25)16-12-19-17(13-18(16)24)22-8-10-28-9-3-1-2-5-14-6-4-7-15(11-14)23-29(19,26)27/h4,6-7,11-13,22-24H,1-3,5,8-10H2,(H2,21,25). The van der Waals surface area contributed by atoms with Gasteiger partial charge in [0.1, 0.15) is 10.6 Å². The van der Waals surface area contributed by atoms with E-state index in [0.717, 1.165) is 37.3 Å². The first kappa shape index (κ1) is 20.9. The lowest BCUT2D eigenvalue weighted by atomic mass is 10.1. The maximum Gasteiger partial charge on any atom is 0.263 e. The van der Waals surface area contributed by atoms with Crippen molar-refractivity contribution in [2.24, 2.45) is 5.73 Å². The molecule has 2 aromatic rings. The number of ether oxygens (including phenoxy) is 1. The first-order valence-corrected chi connectivity index (χ1v) is 11.0. The van der Waals surface area contributed by atoms with Gasteiger partial charge >= 0.3 is 0 Å². The summed E-state index contributed by atoms with van der Waals surface area (Å²) in [6.45, 7) is 1.35. The van der Waals surface area contributed by atoms with E-state index in [9.17, 15) is 18.3 Å². The van der Waals surface area contributed by atoms with E-state index in [2.05, 4.69) is 10.0 Å². The quantitative estimate of drug-likeness (QED) is 0.562. The Morgan fingerprint density at radius 3 is 2.72 bits per heavy atom. The number of aryl methyl sites for hydroxylation is 1. The lowest BCUT2D eigenvalue weighted by Crippen LogP contribution is -2.19. The molecule has 9 heteroatoms. The summed E-state index contributed by atoms with van der Waals surface area (Å²) in [7, 11) is -4.05. The summed E-state index contributed by atoms with van der Waals surface area (Å²) in [4.78, 5) is 11.4. The average molecular weight is 420 g/mol. The molecule has 1 aliphatic rings. The highest BCUT2D eigenvalue weighted by Gasteiger charge is 2.23. The highest BCUT2D eigenvalue weighted by Crippen LogP contribution is 2.31. The van der Waals surface area contributed by atoms with Crippen LogP contribution in [-0.4, -0.2) is 39.2 Å². The average Bonchev–Trinajstić information content (AvgIpc) is 2.65. The van der Waals surface area contributed by atoms with Crippen LogP contribution >= 0.6 is 0 Å². The number of rotatable bonds is 1. The van der Waals surface area contributed by atoms with E-state index >= 15 is 0 Å². The number of sulfonamides is 1. The molecule has 0 unspecified atom stereocenters. The monoisotopic (exact) mass is 419 g/mol. The zero-order valence-electron chi connectivity index (χ0n) is 16.0. The van der Waals surface area contributed by atoms with Crippen LogP contribution in [-0.2, 0) is 21.2 Å². The molecule has 0 atom stereocenters. The molecule has 0 fully saturated rings. The second kappa shape index (κ2) is 9.15. The third-order valence-corrected chi connectivity index (χ3v) is 6.07. The predicted octanol–water partition coefficient (Wildman–Crippen LogP) is 2.45. The van der Waals surface area contributed by atoms with Gasteiger partial charge in [-0.25, -0.2) is 8.42 Å². The Hall–Kier alpha value is -2.78. The molecule has 0 spiro atoms. The summed E-state index contributed by atoms with van der Waals surface area (Å²) in [5.74, 6) is -1.31. The lowest BCUT2D eigenvalue weighted by molar-refractivity contribution is 0.0997. The van der Waals surface area contributed by atoms with E-state index in [1.54, 1.807) is 18.2 Å². The van der Waals surface area contributed by atoms with Crippen molar-refractivity contribution in [1.82, 2.24) is 0 Å². The number of hydrogen-bond acceptors (Lipinski definition) is 6. The molecule has 2 aromatic carbocycles. The SMILES string of the molecule is NC(=O)c1cc2c(cc1O)NCCOCCCCCc1cccc(c1)NS2(=O)=O. The van der Waals surface area contributed by atoms with Crippen molar-refractivity contribution in [3.05, 3.63) is 47.5 Å². The molecule has 0 radical (unpaired) electrons. The minimum Gasteiger partial charge on any atom is -0.507 e. The highest BCUT2D eigenvalue weighted by atomic mass is 32.2. The number of phenols is 1. The van der Waals surface area contributed by atoms with Gasteiger partial charge in [-0.15, -0.1) is 0 Å². The number of anilines is 2. The van der Waals surface area contributed by atoms with Gasteiger partial charge in [0.25, 0.3) is 15.9 Å². The Bertz CT molecular complexity index is 992. The molecule has 3 rings (SSSR count). The molecule has 0 saturated carbocycles. The number of carbonyl (C=O) groups excluding carboxylic acids is 1. The van der Waals surface area contributed by atoms with E-state index in [4.69, 9.17) is 10.5 Å². The summed E-state index contributed by atoms with van der Waals surface area (Å²) in [6, 6.07) is 9.48. The summed E-state index contributed by atoms with van der Waals surface area (Å²) >= 11 is 0. The van der Waals surface area contributed by atoms with Gasteiger partial charge in [0, 0.05) is 24.9 Å². The van der Waals surface area contributed by atoms with Crippen LogP contribution in [0.25, 0.3) is 0 Å². The number of nitrogens with one attached hydrogen (secondary N) is 2. The predicted molar refractivity (Wildman–Crippen MR) is 111 cm³/mol. The van der Waals surface area contributed by atoms with Gasteiger partial charge < -0.3 is 20.9 Å². The molecule has 1 amide bonds. The van der Waals surface area contributed by atoms with Crippen LogP contribution < -0.4 is 15.8 Å². The second-order valence-corrected chi connectivity index (χ2v) is 8.54.